The second-order valence-corrected chi connectivity index (χ2v) is 5.83. The molecule has 1 aliphatic carbocycles. The molecule has 2 nitrogen and oxygen atoms in total. The number of fused-ring (bicyclic) bond motifs is 1. The van der Waals surface area contributed by atoms with E-state index in [-0.39, 0.29) is 5.38 Å². The number of nitrogens with one attached hydrogen (secondary N) is 1. The molecule has 0 aliphatic heterocycles. The highest BCUT2D eigenvalue weighted by Gasteiger charge is 2.30. The zero-order valence-corrected chi connectivity index (χ0v) is 10.6. The highest BCUT2D eigenvalue weighted by molar-refractivity contribution is 7.10. The summed E-state index contributed by atoms with van der Waals surface area (Å²) < 4.78 is 0. The molecule has 4 heteroatoms. The highest BCUT2D eigenvalue weighted by Crippen LogP contribution is 2.43. The van der Waals surface area contributed by atoms with Gasteiger partial charge in [-0.25, -0.2) is 0 Å². The number of nitrogens with zero attached hydrogens (tertiary/aromatic N) is 1. The van der Waals surface area contributed by atoms with E-state index in [4.69, 9.17) is 11.6 Å². The van der Waals surface area contributed by atoms with E-state index in [1.165, 1.54) is 10.4 Å². The Morgan fingerprint density at radius 2 is 2.44 bits per heavy atom. The van der Waals surface area contributed by atoms with Gasteiger partial charge in [0.25, 0.3) is 0 Å². The topological polar surface area (TPSA) is 28.7 Å². The van der Waals surface area contributed by atoms with Crippen molar-refractivity contribution >= 4 is 22.9 Å². The molecule has 0 saturated carbocycles. The molecule has 2 aromatic heterocycles. The van der Waals surface area contributed by atoms with Crippen molar-refractivity contribution in [1.29, 1.82) is 0 Å². The van der Waals surface area contributed by atoms with Crippen LogP contribution in [0.15, 0.2) is 17.5 Å². The number of aryl methyl sites for hydroxylation is 1. The molecular weight excluding hydrogens is 240 g/mol. The number of aromatic nitrogens is 2. The van der Waals surface area contributed by atoms with Crippen molar-refractivity contribution in [2.45, 2.75) is 31.1 Å². The van der Waals surface area contributed by atoms with Crippen molar-refractivity contribution in [2.24, 2.45) is 0 Å². The van der Waals surface area contributed by atoms with E-state index in [1.807, 2.05) is 18.3 Å². The monoisotopic (exact) mass is 252 g/mol. The molecule has 0 aromatic carbocycles. The third-order valence-corrected chi connectivity index (χ3v) is 4.69. The highest BCUT2D eigenvalue weighted by atomic mass is 35.5. The van der Waals surface area contributed by atoms with Gasteiger partial charge in [-0.15, -0.1) is 22.9 Å². The predicted octanol–water partition coefficient (Wildman–Crippen LogP) is 3.79. The third kappa shape index (κ3) is 1.59. The summed E-state index contributed by atoms with van der Waals surface area (Å²) >= 11 is 8.27. The van der Waals surface area contributed by atoms with Crippen LogP contribution in [0.5, 0.6) is 0 Å². The lowest BCUT2D eigenvalue weighted by Crippen LogP contribution is -2.13. The fourth-order valence-corrected chi connectivity index (χ4v) is 3.83. The van der Waals surface area contributed by atoms with Gasteiger partial charge in [0.15, 0.2) is 0 Å². The van der Waals surface area contributed by atoms with Gasteiger partial charge in [0, 0.05) is 22.1 Å². The Kier molecular flexibility index (Phi) is 2.52. The van der Waals surface area contributed by atoms with E-state index >= 15 is 0 Å². The van der Waals surface area contributed by atoms with Crippen LogP contribution in [0.25, 0.3) is 0 Å². The predicted molar refractivity (Wildman–Crippen MR) is 67.3 cm³/mol. The summed E-state index contributed by atoms with van der Waals surface area (Å²) in [6.45, 7) is 2.05. The van der Waals surface area contributed by atoms with Crippen molar-refractivity contribution in [2.75, 3.05) is 0 Å². The number of hydrogen-bond donors (Lipinski definition) is 1. The SMILES string of the molecule is Cc1[nH]nc2c1C(Cl)CC(c1cccs1)C2. The summed E-state index contributed by atoms with van der Waals surface area (Å²) in [4.78, 5) is 1.43. The first kappa shape index (κ1) is 10.4. The van der Waals surface area contributed by atoms with Crippen LogP contribution >= 0.6 is 22.9 Å². The van der Waals surface area contributed by atoms with Crippen molar-refractivity contribution in [3.05, 3.63) is 39.3 Å². The normalized spacial score (nSPS) is 24.4. The van der Waals surface area contributed by atoms with Crippen LogP contribution in [-0.4, -0.2) is 10.2 Å². The van der Waals surface area contributed by atoms with Crippen molar-refractivity contribution < 1.29 is 0 Å². The lowest BCUT2D eigenvalue weighted by molar-refractivity contribution is 0.572. The molecule has 0 bridgehead atoms. The Bertz CT molecular complexity index is 489. The second-order valence-electron chi connectivity index (χ2n) is 4.33. The largest absolute Gasteiger partial charge is 0.282 e. The van der Waals surface area contributed by atoms with E-state index in [2.05, 4.69) is 27.7 Å². The fourth-order valence-electron chi connectivity index (χ4n) is 2.48. The summed E-state index contributed by atoms with van der Waals surface area (Å²) in [5, 5.41) is 9.64. The summed E-state index contributed by atoms with van der Waals surface area (Å²) in [5.74, 6) is 0.540. The molecule has 84 valence electrons. The number of thiophene rings is 1. The molecule has 3 rings (SSSR count). The number of halogens is 1. The number of alkyl halides is 1. The van der Waals surface area contributed by atoms with Crippen LogP contribution in [-0.2, 0) is 6.42 Å². The second kappa shape index (κ2) is 3.90. The minimum Gasteiger partial charge on any atom is -0.282 e. The van der Waals surface area contributed by atoms with Crippen molar-refractivity contribution in [3.63, 3.8) is 0 Å². The molecule has 2 unspecified atom stereocenters. The van der Waals surface area contributed by atoms with Gasteiger partial charge in [-0.05, 0) is 31.2 Å². The molecule has 2 heterocycles. The van der Waals surface area contributed by atoms with Gasteiger partial charge >= 0.3 is 0 Å². The van der Waals surface area contributed by atoms with Gasteiger partial charge < -0.3 is 0 Å². The van der Waals surface area contributed by atoms with Gasteiger partial charge in [0.05, 0.1) is 11.1 Å². The Morgan fingerprint density at radius 3 is 3.19 bits per heavy atom. The van der Waals surface area contributed by atoms with Crippen LogP contribution < -0.4 is 0 Å². The molecule has 1 N–H and O–H groups in total. The number of H-pyrrole nitrogens is 1. The summed E-state index contributed by atoms with van der Waals surface area (Å²) in [5.41, 5.74) is 3.51. The number of hydrogen-bond acceptors (Lipinski definition) is 2. The van der Waals surface area contributed by atoms with E-state index in [0.29, 0.717) is 5.92 Å². The fraction of sp³-hybridized carbons (Fsp3) is 0.417. The molecular formula is C12H13ClN2S. The van der Waals surface area contributed by atoms with Gasteiger partial charge in [-0.2, -0.15) is 5.10 Å². The Morgan fingerprint density at radius 1 is 1.56 bits per heavy atom. The van der Waals surface area contributed by atoms with E-state index in [1.54, 1.807) is 0 Å². The first-order valence-electron chi connectivity index (χ1n) is 5.47. The molecule has 0 spiro atoms. The van der Waals surface area contributed by atoms with Gasteiger partial charge in [0.1, 0.15) is 0 Å². The number of rotatable bonds is 1. The molecule has 2 aromatic rings. The quantitative estimate of drug-likeness (QED) is 0.769. The smallest absolute Gasteiger partial charge is 0.0678 e. The average Bonchev–Trinajstić information content (AvgIpc) is 2.87. The molecule has 2 atom stereocenters. The van der Waals surface area contributed by atoms with Crippen LogP contribution in [0.3, 0.4) is 0 Å². The van der Waals surface area contributed by atoms with E-state index in [9.17, 15) is 0 Å². The lowest BCUT2D eigenvalue weighted by atomic mass is 9.85. The molecule has 0 amide bonds. The van der Waals surface area contributed by atoms with E-state index in [0.717, 1.165) is 24.2 Å². The van der Waals surface area contributed by atoms with E-state index < -0.39 is 0 Å². The summed E-state index contributed by atoms with van der Waals surface area (Å²) in [7, 11) is 0. The van der Waals surface area contributed by atoms with Crippen LogP contribution in [0.2, 0.25) is 0 Å². The molecule has 0 saturated heterocycles. The molecule has 16 heavy (non-hydrogen) atoms. The molecule has 0 radical (unpaired) electrons. The molecule has 0 fully saturated rings. The Labute approximate surface area is 104 Å². The van der Waals surface area contributed by atoms with Gasteiger partial charge in [-0.3, -0.25) is 5.10 Å². The minimum atomic E-state index is 0.106. The maximum atomic E-state index is 6.45. The minimum absolute atomic E-state index is 0.106. The Hall–Kier alpha value is -0.800. The standard InChI is InChI=1S/C12H13ClN2S/c1-7-12-9(13)5-8(6-10(12)15-14-7)11-3-2-4-16-11/h2-4,8-9H,5-6H2,1H3,(H,14,15). The van der Waals surface area contributed by atoms with Crippen molar-refractivity contribution in [3.8, 4) is 0 Å². The maximum Gasteiger partial charge on any atom is 0.0678 e. The summed E-state index contributed by atoms with van der Waals surface area (Å²) in [6.07, 6.45) is 2.04. The average molecular weight is 253 g/mol. The van der Waals surface area contributed by atoms with Crippen molar-refractivity contribution in [1.82, 2.24) is 10.2 Å². The first-order valence-corrected chi connectivity index (χ1v) is 6.78. The zero-order chi connectivity index (χ0) is 11.1. The lowest BCUT2D eigenvalue weighted by Gasteiger charge is -2.24. The van der Waals surface area contributed by atoms with Crippen LogP contribution in [0.1, 0.15) is 39.5 Å². The Balaban J connectivity index is 1.95. The maximum absolute atomic E-state index is 6.45. The third-order valence-electron chi connectivity index (χ3n) is 3.26. The van der Waals surface area contributed by atoms with Crippen LogP contribution in [0.4, 0.5) is 0 Å². The van der Waals surface area contributed by atoms with Gasteiger partial charge in [0.2, 0.25) is 0 Å². The summed E-state index contributed by atoms with van der Waals surface area (Å²) in [6, 6.07) is 4.30. The molecule has 1 aliphatic rings. The first-order chi connectivity index (χ1) is 7.75. The number of aromatic amines is 1. The van der Waals surface area contributed by atoms with Gasteiger partial charge in [-0.1, -0.05) is 6.07 Å². The zero-order valence-electron chi connectivity index (χ0n) is 9.03. The van der Waals surface area contributed by atoms with Crippen LogP contribution in [0, 0.1) is 6.92 Å².